The molecule has 186 valence electrons. The van der Waals surface area contributed by atoms with Gasteiger partial charge in [0, 0.05) is 18.1 Å². The van der Waals surface area contributed by atoms with E-state index in [-0.39, 0.29) is 18.4 Å². The van der Waals surface area contributed by atoms with Gasteiger partial charge in [0.25, 0.3) is 0 Å². The lowest BCUT2D eigenvalue weighted by Crippen LogP contribution is -2.52. The van der Waals surface area contributed by atoms with E-state index in [0.717, 1.165) is 21.7 Å². The zero-order chi connectivity index (χ0) is 25.5. The molecule has 0 aliphatic carbocycles. The van der Waals surface area contributed by atoms with Gasteiger partial charge in [-0.25, -0.2) is 8.42 Å². The van der Waals surface area contributed by atoms with E-state index in [4.69, 9.17) is 11.6 Å². The van der Waals surface area contributed by atoms with Gasteiger partial charge in [0.15, 0.2) is 0 Å². The topological polar surface area (TPSA) is 86.8 Å². The van der Waals surface area contributed by atoms with Crippen molar-refractivity contribution in [2.24, 2.45) is 5.92 Å². The van der Waals surface area contributed by atoms with Crippen LogP contribution in [0.3, 0.4) is 0 Å². The highest BCUT2D eigenvalue weighted by atomic mass is 35.5. The Balaban J connectivity index is 2.42. The quantitative estimate of drug-likeness (QED) is 0.498. The molecular formula is C25H34ClN3O4S. The lowest BCUT2D eigenvalue weighted by atomic mass is 10.1. The van der Waals surface area contributed by atoms with Gasteiger partial charge in [0.2, 0.25) is 21.8 Å². The lowest BCUT2D eigenvalue weighted by molar-refractivity contribution is -0.140. The fourth-order valence-electron chi connectivity index (χ4n) is 3.53. The van der Waals surface area contributed by atoms with Crippen molar-refractivity contribution in [3.63, 3.8) is 0 Å². The number of rotatable bonds is 11. The second-order valence-electron chi connectivity index (χ2n) is 8.76. The second-order valence-corrected chi connectivity index (χ2v) is 11.1. The summed E-state index contributed by atoms with van der Waals surface area (Å²) >= 11 is 5.95. The van der Waals surface area contributed by atoms with Crippen LogP contribution in [0, 0.1) is 12.8 Å². The SMILES string of the molecule is CC[C@@H](C(=O)NCC(C)C)N(Cc1ccccc1C)C(=O)CN(c1ccc(Cl)cc1)S(C)(=O)=O. The monoisotopic (exact) mass is 507 g/mol. The van der Waals surface area contributed by atoms with Crippen LogP contribution in [0.4, 0.5) is 5.69 Å². The molecule has 0 aromatic heterocycles. The summed E-state index contributed by atoms with van der Waals surface area (Å²) in [5.74, 6) is -0.460. The summed E-state index contributed by atoms with van der Waals surface area (Å²) in [6.45, 7) is 8.01. The maximum absolute atomic E-state index is 13.6. The van der Waals surface area contributed by atoms with Gasteiger partial charge in [-0.15, -0.1) is 0 Å². The Labute approximate surface area is 208 Å². The minimum absolute atomic E-state index is 0.192. The van der Waals surface area contributed by atoms with E-state index in [0.29, 0.717) is 23.7 Å². The molecule has 0 fully saturated rings. The molecule has 0 heterocycles. The smallest absolute Gasteiger partial charge is 0.244 e. The molecule has 1 atom stereocenters. The molecule has 0 radical (unpaired) electrons. The number of benzene rings is 2. The molecule has 1 N–H and O–H groups in total. The van der Waals surface area contributed by atoms with Crippen molar-refractivity contribution in [3.05, 3.63) is 64.7 Å². The predicted octanol–water partition coefficient (Wildman–Crippen LogP) is 3.99. The van der Waals surface area contributed by atoms with Crippen molar-refractivity contribution >= 4 is 39.1 Å². The number of nitrogens with zero attached hydrogens (tertiary/aromatic N) is 2. The number of nitrogens with one attached hydrogen (secondary N) is 1. The van der Waals surface area contributed by atoms with Crippen molar-refractivity contribution in [3.8, 4) is 0 Å². The third-order valence-corrected chi connectivity index (χ3v) is 6.86. The first-order valence-electron chi connectivity index (χ1n) is 11.3. The second kappa shape index (κ2) is 12.2. The lowest BCUT2D eigenvalue weighted by Gasteiger charge is -2.33. The number of amides is 2. The molecule has 0 spiro atoms. The summed E-state index contributed by atoms with van der Waals surface area (Å²) in [6.07, 6.45) is 1.44. The predicted molar refractivity (Wildman–Crippen MR) is 137 cm³/mol. The number of hydrogen-bond acceptors (Lipinski definition) is 4. The first-order valence-corrected chi connectivity index (χ1v) is 13.5. The van der Waals surface area contributed by atoms with E-state index in [1.54, 1.807) is 24.3 Å². The summed E-state index contributed by atoms with van der Waals surface area (Å²) in [5.41, 5.74) is 2.20. The summed E-state index contributed by atoms with van der Waals surface area (Å²) < 4.78 is 26.2. The van der Waals surface area contributed by atoms with E-state index >= 15 is 0 Å². The van der Waals surface area contributed by atoms with Crippen LogP contribution in [0.5, 0.6) is 0 Å². The van der Waals surface area contributed by atoms with Gasteiger partial charge in [-0.2, -0.15) is 0 Å². The molecule has 2 aromatic rings. The molecule has 2 aromatic carbocycles. The highest BCUT2D eigenvalue weighted by Crippen LogP contribution is 2.22. The Morgan fingerprint density at radius 1 is 1.06 bits per heavy atom. The van der Waals surface area contributed by atoms with Crippen LogP contribution in [0.15, 0.2) is 48.5 Å². The molecule has 0 aliphatic heterocycles. The average Bonchev–Trinajstić information content (AvgIpc) is 2.77. The zero-order valence-corrected chi connectivity index (χ0v) is 22.0. The minimum atomic E-state index is -3.77. The van der Waals surface area contributed by atoms with Crippen LogP contribution in [0.25, 0.3) is 0 Å². The Kier molecular flexibility index (Phi) is 9.94. The first-order chi connectivity index (χ1) is 15.9. The third-order valence-electron chi connectivity index (χ3n) is 5.47. The minimum Gasteiger partial charge on any atom is -0.354 e. The van der Waals surface area contributed by atoms with E-state index in [1.807, 2.05) is 52.0 Å². The van der Waals surface area contributed by atoms with Crippen molar-refractivity contribution in [2.45, 2.75) is 46.7 Å². The van der Waals surface area contributed by atoms with Gasteiger partial charge in [0.05, 0.1) is 11.9 Å². The molecular weight excluding hydrogens is 474 g/mol. The van der Waals surface area contributed by atoms with Crippen LogP contribution in [-0.2, 0) is 26.2 Å². The molecule has 9 heteroatoms. The normalized spacial score (nSPS) is 12.3. The number of carbonyl (C=O) groups is 2. The Morgan fingerprint density at radius 3 is 2.21 bits per heavy atom. The number of anilines is 1. The maximum atomic E-state index is 13.6. The zero-order valence-electron chi connectivity index (χ0n) is 20.4. The maximum Gasteiger partial charge on any atom is 0.244 e. The van der Waals surface area contributed by atoms with E-state index in [2.05, 4.69) is 5.32 Å². The summed E-state index contributed by atoms with van der Waals surface area (Å²) in [4.78, 5) is 28.1. The van der Waals surface area contributed by atoms with Crippen LogP contribution in [0.1, 0.15) is 38.3 Å². The highest BCUT2D eigenvalue weighted by Gasteiger charge is 2.32. The van der Waals surface area contributed by atoms with Crippen LogP contribution in [0.2, 0.25) is 5.02 Å². The Bertz CT molecular complexity index is 1090. The molecule has 7 nitrogen and oxygen atoms in total. The number of halogens is 1. The third kappa shape index (κ3) is 7.74. The summed E-state index contributed by atoms with van der Waals surface area (Å²) in [5, 5.41) is 3.37. The molecule has 0 bridgehead atoms. The number of carbonyl (C=O) groups excluding carboxylic acids is 2. The molecule has 0 saturated heterocycles. The Hall–Kier alpha value is -2.58. The van der Waals surface area contributed by atoms with Crippen molar-refractivity contribution in [1.82, 2.24) is 10.2 Å². The number of sulfonamides is 1. The largest absolute Gasteiger partial charge is 0.354 e. The summed E-state index contributed by atoms with van der Waals surface area (Å²) in [6, 6.07) is 13.1. The molecule has 2 rings (SSSR count). The Morgan fingerprint density at radius 2 is 1.68 bits per heavy atom. The fourth-order valence-corrected chi connectivity index (χ4v) is 4.51. The average molecular weight is 508 g/mol. The number of aryl methyl sites for hydroxylation is 1. The van der Waals surface area contributed by atoms with Crippen LogP contribution < -0.4 is 9.62 Å². The fraction of sp³-hybridized carbons (Fsp3) is 0.440. The first kappa shape index (κ1) is 27.7. The van der Waals surface area contributed by atoms with E-state index in [9.17, 15) is 18.0 Å². The van der Waals surface area contributed by atoms with E-state index < -0.39 is 28.5 Å². The van der Waals surface area contributed by atoms with Crippen molar-refractivity contribution < 1.29 is 18.0 Å². The van der Waals surface area contributed by atoms with Gasteiger partial charge in [-0.3, -0.25) is 13.9 Å². The van der Waals surface area contributed by atoms with Gasteiger partial charge in [0.1, 0.15) is 12.6 Å². The standard InChI is InChI=1S/C25H34ClN3O4S/c1-6-23(25(31)27-15-18(2)3)28(16-20-10-8-7-9-19(20)4)24(30)17-29(34(5,32)33)22-13-11-21(26)12-14-22/h7-14,18,23H,6,15-17H2,1-5H3,(H,27,31)/t23-/m0/s1. The van der Waals surface area contributed by atoms with Crippen LogP contribution >= 0.6 is 11.6 Å². The van der Waals surface area contributed by atoms with Crippen molar-refractivity contribution in [2.75, 3.05) is 23.7 Å². The van der Waals surface area contributed by atoms with Gasteiger partial charge >= 0.3 is 0 Å². The molecule has 0 aliphatic rings. The molecule has 2 amide bonds. The van der Waals surface area contributed by atoms with Crippen molar-refractivity contribution in [1.29, 1.82) is 0 Å². The van der Waals surface area contributed by atoms with Gasteiger partial charge < -0.3 is 10.2 Å². The van der Waals surface area contributed by atoms with E-state index in [1.165, 1.54) is 4.90 Å². The molecule has 0 saturated carbocycles. The highest BCUT2D eigenvalue weighted by molar-refractivity contribution is 7.92. The van der Waals surface area contributed by atoms with Crippen LogP contribution in [-0.4, -0.2) is 50.5 Å². The van der Waals surface area contributed by atoms with Gasteiger partial charge in [-0.05, 0) is 54.7 Å². The number of hydrogen-bond donors (Lipinski definition) is 1. The molecule has 34 heavy (non-hydrogen) atoms. The van der Waals surface area contributed by atoms with Gasteiger partial charge in [-0.1, -0.05) is 56.6 Å². The molecule has 0 unspecified atom stereocenters. The summed E-state index contributed by atoms with van der Waals surface area (Å²) in [7, 11) is -3.77.